The fourth-order valence-electron chi connectivity index (χ4n) is 17.1. The van der Waals surface area contributed by atoms with E-state index in [0.717, 1.165) is 82.9 Å². The van der Waals surface area contributed by atoms with Crippen LogP contribution in [0, 0.1) is 75.4 Å². The largest absolute Gasteiger partial charge is 0.393 e. The van der Waals surface area contributed by atoms with Gasteiger partial charge in [0.1, 0.15) is 5.60 Å². The molecule has 12 heteroatoms. The third kappa shape index (κ3) is 8.77. The van der Waals surface area contributed by atoms with E-state index in [-0.39, 0.29) is 82.5 Å². The van der Waals surface area contributed by atoms with E-state index in [1.165, 1.54) is 22.3 Å². The van der Waals surface area contributed by atoms with Crippen molar-refractivity contribution in [3.63, 3.8) is 0 Å². The van der Waals surface area contributed by atoms with E-state index in [4.69, 9.17) is 9.29 Å². The summed E-state index contributed by atoms with van der Waals surface area (Å²) in [5.41, 5.74) is 4.96. The fraction of sp³-hybridized carbons (Fsp3) is 0.750. The van der Waals surface area contributed by atoms with E-state index >= 15 is 0 Å². The van der Waals surface area contributed by atoms with Gasteiger partial charge in [0.05, 0.1) is 30.7 Å². The van der Waals surface area contributed by atoms with Crippen molar-refractivity contribution < 1.29 is 42.6 Å². The summed E-state index contributed by atoms with van der Waals surface area (Å²) in [5.74, 6) is 8.09. The highest BCUT2D eigenvalue weighted by atomic mass is 32.2. The van der Waals surface area contributed by atoms with Crippen molar-refractivity contribution in [3.05, 3.63) is 52.6 Å². The van der Waals surface area contributed by atoms with Gasteiger partial charge >= 0.3 is 0 Å². The van der Waals surface area contributed by atoms with Gasteiger partial charge in [-0.2, -0.15) is 8.42 Å². The minimum atomic E-state index is -4.14. The van der Waals surface area contributed by atoms with Crippen LogP contribution >= 0.6 is 0 Å². The maximum atomic E-state index is 12.5. The lowest BCUT2D eigenvalue weighted by atomic mass is 9.43. The van der Waals surface area contributed by atoms with Gasteiger partial charge in [0.2, 0.25) is 5.91 Å². The van der Waals surface area contributed by atoms with Gasteiger partial charge in [-0.25, -0.2) is 0 Å². The van der Waals surface area contributed by atoms with Crippen LogP contribution in [0.2, 0.25) is 0 Å². The van der Waals surface area contributed by atoms with Gasteiger partial charge in [-0.1, -0.05) is 51.3 Å². The lowest BCUT2D eigenvalue weighted by Gasteiger charge is -2.63. The van der Waals surface area contributed by atoms with Crippen molar-refractivity contribution in [1.82, 2.24) is 5.32 Å². The maximum Gasteiger partial charge on any atom is 0.266 e. The number of hydrogen-bond acceptors (Lipinski definition) is 9. The zero-order valence-corrected chi connectivity index (χ0v) is 42.5. The van der Waals surface area contributed by atoms with E-state index in [1.807, 2.05) is 13.0 Å². The van der Waals surface area contributed by atoms with Gasteiger partial charge in [-0.15, -0.1) is 5.92 Å². The predicted octanol–water partition coefficient (Wildman–Crippen LogP) is 8.18. The zero-order chi connectivity index (χ0) is 48.6. The molecule has 1 amide bonds. The quantitative estimate of drug-likeness (QED) is 0.0959. The SMILES string of the molecule is CC#C[C@]1(O)CC[C@H]2[C@@H]3CCC4=CC(=O)CCC4=C3[C@@H](c3ccc(N(C)CCO[C@H]4CC[C@@]5(C)[C@@H](C4)C[C@@H](O)[C@@H]4[C@@H]5C[C@H](O)[C@]5(C)[C@@H]([C@H](C)CCC(=O)NCCS(=O)(=O)O)CC[C@@H]45)cc3)C[C@@]21C. The standard InChI is InChI=1S/C56H80N2O9S/c1-7-22-56(63)24-21-45-42-15-11-36-29-39(59)14-16-41(36)51(42)43(33-54(45,56)4)35-9-12-38(13-10-35)58(6)26-27-67-40-20-23-53(3)37(30-40)31-48(60)52-46-18-17-44(55(46,5)49(61)32-47(52)53)34(2)8-19-50(62)57-25-28-68(64,65)66/h9-10,12-13,29,34,37,40,42-49,52,60-61,63H,8,11,14-21,23-28,30-33H2,1-6H3,(H,57,62)(H,64,65,66)/t34-,37+,40+,42+,43-,44-,45+,46+,47+,48-,49+,52+,53+,54+,55-,56+/m1/s1. The molecule has 0 saturated heterocycles. The second kappa shape index (κ2) is 18.8. The van der Waals surface area contributed by atoms with E-state index < -0.39 is 33.7 Å². The number of likely N-dealkylation sites (N-methyl/N-ethyl adjacent to an activating group) is 1. The number of aliphatic hydroxyl groups excluding tert-OH is 2. The first-order valence-electron chi connectivity index (χ1n) is 26.3. The highest BCUT2D eigenvalue weighted by Crippen LogP contribution is 2.69. The molecule has 9 rings (SSSR count). The normalized spacial score (nSPS) is 41.1. The molecule has 6 fully saturated rings. The van der Waals surface area contributed by atoms with Crippen molar-refractivity contribution in [2.45, 2.75) is 167 Å². The molecule has 0 aliphatic heterocycles. The summed E-state index contributed by atoms with van der Waals surface area (Å²) in [6, 6.07) is 9.06. The van der Waals surface area contributed by atoms with Crippen LogP contribution in [-0.4, -0.2) is 96.4 Å². The van der Waals surface area contributed by atoms with Crippen LogP contribution in [0.25, 0.3) is 0 Å². The Kier molecular flexibility index (Phi) is 13.8. The Labute approximate surface area is 406 Å². The fourth-order valence-corrected chi connectivity index (χ4v) is 17.4. The summed E-state index contributed by atoms with van der Waals surface area (Å²) < 4.78 is 37.8. The molecule has 0 aromatic heterocycles. The summed E-state index contributed by atoms with van der Waals surface area (Å²) in [6.07, 6.45) is 14.2. The number of ketones is 1. The highest BCUT2D eigenvalue weighted by Gasteiger charge is 2.66. The number of aliphatic hydroxyl groups is 3. The van der Waals surface area contributed by atoms with Gasteiger partial charge in [0.25, 0.3) is 10.1 Å². The van der Waals surface area contributed by atoms with Crippen LogP contribution in [0.5, 0.6) is 0 Å². The molecule has 11 nitrogen and oxygen atoms in total. The topological polar surface area (TPSA) is 174 Å². The summed E-state index contributed by atoms with van der Waals surface area (Å²) in [4.78, 5) is 27.4. The van der Waals surface area contributed by atoms with Gasteiger partial charge in [-0.05, 0) is 190 Å². The minimum absolute atomic E-state index is 0.0195. The van der Waals surface area contributed by atoms with Crippen molar-refractivity contribution in [1.29, 1.82) is 0 Å². The van der Waals surface area contributed by atoms with E-state index in [1.54, 1.807) is 0 Å². The highest BCUT2D eigenvalue weighted by molar-refractivity contribution is 7.85. The second-order valence-electron chi connectivity index (χ2n) is 23.8. The van der Waals surface area contributed by atoms with Crippen LogP contribution < -0.4 is 10.2 Å². The van der Waals surface area contributed by atoms with Gasteiger partial charge in [0.15, 0.2) is 5.78 Å². The molecule has 16 atom stereocenters. The molecule has 8 aliphatic carbocycles. The van der Waals surface area contributed by atoms with Crippen molar-refractivity contribution in [3.8, 4) is 11.8 Å². The molecule has 1 aromatic carbocycles. The number of amides is 1. The number of allylic oxidation sites excluding steroid dienone is 4. The average Bonchev–Trinajstić information content (AvgIpc) is 3.78. The first kappa shape index (κ1) is 49.9. The summed E-state index contributed by atoms with van der Waals surface area (Å²) in [5, 5.41) is 38.9. The Morgan fingerprint density at radius 1 is 0.971 bits per heavy atom. The lowest BCUT2D eigenvalue weighted by molar-refractivity contribution is -0.209. The van der Waals surface area contributed by atoms with Crippen molar-refractivity contribution in [2.24, 2.45) is 63.6 Å². The molecule has 68 heavy (non-hydrogen) atoms. The number of nitrogens with one attached hydrogen (secondary N) is 1. The predicted molar refractivity (Wildman–Crippen MR) is 264 cm³/mol. The van der Waals surface area contributed by atoms with E-state index in [0.29, 0.717) is 50.0 Å². The Morgan fingerprint density at radius 2 is 1.74 bits per heavy atom. The number of hydrogen-bond donors (Lipinski definition) is 5. The lowest BCUT2D eigenvalue weighted by Crippen LogP contribution is -2.62. The van der Waals surface area contributed by atoms with Gasteiger partial charge in [0, 0.05) is 50.0 Å². The number of ether oxygens (including phenoxy) is 1. The van der Waals surface area contributed by atoms with Crippen LogP contribution in [0.3, 0.4) is 0 Å². The Hall–Kier alpha value is -3.05. The molecule has 0 bridgehead atoms. The van der Waals surface area contributed by atoms with Crippen LogP contribution in [0.15, 0.2) is 47.1 Å². The third-order valence-corrected chi connectivity index (χ3v) is 21.5. The zero-order valence-electron chi connectivity index (χ0n) is 41.6. The second-order valence-corrected chi connectivity index (χ2v) is 25.4. The molecule has 374 valence electrons. The first-order chi connectivity index (χ1) is 32.2. The smallest absolute Gasteiger partial charge is 0.266 e. The molecular weight excluding hydrogens is 877 g/mol. The molecule has 8 aliphatic rings. The van der Waals surface area contributed by atoms with Crippen molar-refractivity contribution >= 4 is 27.5 Å². The number of carbonyl (C=O) groups excluding carboxylic acids is 2. The molecule has 6 saturated carbocycles. The number of benzene rings is 1. The van der Waals surface area contributed by atoms with E-state index in [2.05, 4.69) is 81.1 Å². The summed E-state index contributed by atoms with van der Waals surface area (Å²) >= 11 is 0. The summed E-state index contributed by atoms with van der Waals surface area (Å²) in [6.45, 7) is 12.2. The number of carbonyl (C=O) groups is 2. The number of rotatable bonds is 13. The van der Waals surface area contributed by atoms with Crippen LogP contribution in [0.1, 0.15) is 149 Å². The molecule has 1 aromatic rings. The molecule has 0 heterocycles. The average molecular weight is 957 g/mol. The van der Waals surface area contributed by atoms with Crippen molar-refractivity contribution in [2.75, 3.05) is 37.4 Å². The van der Waals surface area contributed by atoms with Crippen LogP contribution in [-0.2, 0) is 24.4 Å². The summed E-state index contributed by atoms with van der Waals surface area (Å²) in [7, 11) is -2.01. The molecule has 0 radical (unpaired) electrons. The minimum Gasteiger partial charge on any atom is -0.393 e. The van der Waals surface area contributed by atoms with Gasteiger partial charge in [-0.3, -0.25) is 14.1 Å². The number of nitrogens with zero attached hydrogens (tertiary/aromatic N) is 1. The van der Waals surface area contributed by atoms with E-state index in [9.17, 15) is 33.3 Å². The number of fused-ring (bicyclic) bond motifs is 9. The van der Waals surface area contributed by atoms with Crippen LogP contribution in [0.4, 0.5) is 5.69 Å². The Morgan fingerprint density at radius 3 is 2.47 bits per heavy atom. The Balaban J connectivity index is 0.809. The third-order valence-electron chi connectivity index (χ3n) is 20.7. The molecule has 0 unspecified atom stereocenters. The van der Waals surface area contributed by atoms with Gasteiger partial charge < -0.3 is 30.3 Å². The molecule has 0 spiro atoms. The maximum absolute atomic E-state index is 12.5. The Bertz CT molecular complexity index is 2340. The number of anilines is 1. The first-order valence-corrected chi connectivity index (χ1v) is 27.9. The molecular formula is C56H80N2O9S. The molecule has 5 N–H and O–H groups in total. The monoisotopic (exact) mass is 957 g/mol.